The van der Waals surface area contributed by atoms with E-state index < -0.39 is 0 Å². The Bertz CT molecular complexity index is 310. The lowest BCUT2D eigenvalue weighted by molar-refractivity contribution is 0.0159. The quantitative estimate of drug-likeness (QED) is 0.712. The zero-order valence-corrected chi connectivity index (χ0v) is 10.5. The summed E-state index contributed by atoms with van der Waals surface area (Å²) in [7, 11) is 1.74. The maximum Gasteiger partial charge on any atom is 0.223 e. The van der Waals surface area contributed by atoms with Gasteiger partial charge in [-0.15, -0.1) is 0 Å². The Hall–Kier alpha value is -0.940. The molecule has 0 radical (unpaired) electrons. The van der Waals surface area contributed by atoms with E-state index in [1.807, 2.05) is 0 Å². The molecule has 1 rings (SSSR count). The van der Waals surface area contributed by atoms with Gasteiger partial charge in [-0.25, -0.2) is 0 Å². The molecule has 5 heteroatoms. The molecular weight excluding hydrogens is 206 g/mol. The van der Waals surface area contributed by atoms with Crippen molar-refractivity contribution in [2.45, 2.75) is 39.2 Å². The average Bonchev–Trinajstić information content (AvgIpc) is 2.64. The lowest BCUT2D eigenvalue weighted by Gasteiger charge is -2.22. The Morgan fingerprint density at radius 2 is 2.12 bits per heavy atom. The van der Waals surface area contributed by atoms with E-state index in [1.54, 1.807) is 14.0 Å². The smallest absolute Gasteiger partial charge is 0.223 e. The minimum Gasteiger partial charge on any atom is -0.379 e. The molecule has 0 aliphatic rings. The van der Waals surface area contributed by atoms with Crippen molar-refractivity contribution in [3.05, 3.63) is 11.7 Å². The number of hydrogen-bond donors (Lipinski definition) is 1. The molecule has 0 aromatic carbocycles. The molecule has 0 saturated carbocycles. The first-order valence-corrected chi connectivity index (χ1v) is 5.58. The van der Waals surface area contributed by atoms with Gasteiger partial charge in [0.1, 0.15) is 0 Å². The van der Waals surface area contributed by atoms with Crippen LogP contribution in [0.15, 0.2) is 4.52 Å². The Kier molecular flexibility index (Phi) is 4.89. The van der Waals surface area contributed by atoms with Crippen LogP contribution in [0.1, 0.15) is 32.0 Å². The van der Waals surface area contributed by atoms with Crippen LogP contribution in [-0.2, 0) is 11.2 Å². The largest absolute Gasteiger partial charge is 0.379 e. The normalized spacial score (nSPS) is 12.0. The van der Waals surface area contributed by atoms with Crippen LogP contribution in [0, 0.1) is 6.92 Å². The molecule has 0 spiro atoms. The minimum atomic E-state index is -0.0598. The minimum absolute atomic E-state index is 0.0598. The highest BCUT2D eigenvalue weighted by molar-refractivity contribution is 4.84. The zero-order chi connectivity index (χ0) is 12.0. The summed E-state index contributed by atoms with van der Waals surface area (Å²) < 4.78 is 10.2. The highest BCUT2D eigenvalue weighted by Crippen LogP contribution is 2.11. The number of rotatable bonds is 7. The molecule has 0 fully saturated rings. The number of aryl methyl sites for hydroxylation is 1. The Morgan fingerprint density at radius 1 is 1.38 bits per heavy atom. The van der Waals surface area contributed by atoms with Gasteiger partial charge in [-0.1, -0.05) is 5.16 Å². The summed E-state index contributed by atoms with van der Waals surface area (Å²) in [6.07, 6.45) is 1.78. The lowest BCUT2D eigenvalue weighted by atomic mass is 10.1. The molecular formula is C11H21N3O2. The fourth-order valence-corrected chi connectivity index (χ4v) is 1.26. The van der Waals surface area contributed by atoms with Gasteiger partial charge in [0.25, 0.3) is 0 Å². The van der Waals surface area contributed by atoms with Gasteiger partial charge in [0, 0.05) is 27.0 Å². The van der Waals surface area contributed by atoms with Crippen molar-refractivity contribution in [3.8, 4) is 0 Å². The van der Waals surface area contributed by atoms with E-state index in [0.717, 1.165) is 31.8 Å². The van der Waals surface area contributed by atoms with E-state index >= 15 is 0 Å². The summed E-state index contributed by atoms with van der Waals surface area (Å²) in [5.41, 5.74) is -0.0598. The fourth-order valence-electron chi connectivity index (χ4n) is 1.26. The van der Waals surface area contributed by atoms with Crippen molar-refractivity contribution < 1.29 is 9.26 Å². The van der Waals surface area contributed by atoms with Gasteiger partial charge in [0.2, 0.25) is 5.89 Å². The highest BCUT2D eigenvalue weighted by Gasteiger charge is 2.14. The maximum absolute atomic E-state index is 5.33. The van der Waals surface area contributed by atoms with Crippen molar-refractivity contribution in [1.82, 2.24) is 15.5 Å². The van der Waals surface area contributed by atoms with Crippen LogP contribution in [0.5, 0.6) is 0 Å². The monoisotopic (exact) mass is 227 g/mol. The van der Waals surface area contributed by atoms with E-state index in [2.05, 4.69) is 29.3 Å². The molecule has 0 amide bonds. The second-order valence-electron chi connectivity index (χ2n) is 4.44. The highest BCUT2D eigenvalue weighted by atomic mass is 16.5. The summed E-state index contributed by atoms with van der Waals surface area (Å²) in [4.78, 5) is 4.13. The third-order valence-electron chi connectivity index (χ3n) is 2.55. The molecule has 1 heterocycles. The summed E-state index contributed by atoms with van der Waals surface area (Å²) >= 11 is 0. The second-order valence-corrected chi connectivity index (χ2v) is 4.44. The Morgan fingerprint density at radius 3 is 2.69 bits per heavy atom. The topological polar surface area (TPSA) is 60.2 Å². The third-order valence-corrected chi connectivity index (χ3v) is 2.55. The van der Waals surface area contributed by atoms with Gasteiger partial charge >= 0.3 is 0 Å². The molecule has 92 valence electrons. The third kappa shape index (κ3) is 4.72. The molecule has 16 heavy (non-hydrogen) atoms. The second kappa shape index (κ2) is 5.96. The first-order valence-electron chi connectivity index (χ1n) is 5.58. The Balaban J connectivity index is 2.08. The van der Waals surface area contributed by atoms with E-state index in [9.17, 15) is 0 Å². The average molecular weight is 227 g/mol. The summed E-state index contributed by atoms with van der Waals surface area (Å²) in [6.45, 7) is 7.75. The van der Waals surface area contributed by atoms with E-state index in [4.69, 9.17) is 9.26 Å². The fraction of sp³-hybridized carbons (Fsp3) is 0.818. The summed E-state index contributed by atoms with van der Waals surface area (Å²) in [6, 6.07) is 0. The van der Waals surface area contributed by atoms with Gasteiger partial charge in [0.05, 0.1) is 5.60 Å². The van der Waals surface area contributed by atoms with Gasteiger partial charge in [-0.05, 0) is 26.8 Å². The van der Waals surface area contributed by atoms with Gasteiger partial charge in [-0.2, -0.15) is 4.98 Å². The molecule has 0 atom stereocenters. The first-order chi connectivity index (χ1) is 7.53. The number of hydrogen-bond acceptors (Lipinski definition) is 5. The van der Waals surface area contributed by atoms with Gasteiger partial charge < -0.3 is 14.6 Å². The van der Waals surface area contributed by atoms with E-state index in [0.29, 0.717) is 5.89 Å². The van der Waals surface area contributed by atoms with Crippen LogP contribution in [0.4, 0.5) is 0 Å². The molecule has 1 aromatic heterocycles. The predicted molar refractivity (Wildman–Crippen MR) is 61.3 cm³/mol. The summed E-state index contributed by atoms with van der Waals surface area (Å²) in [5, 5.41) is 7.16. The first kappa shape index (κ1) is 13.1. The van der Waals surface area contributed by atoms with Crippen LogP contribution in [-0.4, -0.2) is 35.9 Å². The van der Waals surface area contributed by atoms with Gasteiger partial charge in [0.15, 0.2) is 5.82 Å². The molecule has 1 aromatic rings. The molecule has 0 saturated heterocycles. The number of nitrogens with zero attached hydrogens (tertiary/aromatic N) is 2. The van der Waals surface area contributed by atoms with Crippen molar-refractivity contribution >= 4 is 0 Å². The molecule has 5 nitrogen and oxygen atoms in total. The van der Waals surface area contributed by atoms with Crippen molar-refractivity contribution in [2.75, 3.05) is 20.2 Å². The van der Waals surface area contributed by atoms with E-state index in [1.165, 1.54) is 0 Å². The number of ether oxygens (including phenoxy) is 1. The number of methoxy groups -OCH3 is 1. The number of aromatic nitrogens is 2. The standard InChI is InChI=1S/C11H21N3O2/c1-9-13-10(14-16-9)5-7-12-8-6-11(2,3)15-4/h12H,5-8H2,1-4H3. The van der Waals surface area contributed by atoms with Crippen LogP contribution < -0.4 is 5.32 Å². The molecule has 0 aliphatic heterocycles. The molecule has 0 aliphatic carbocycles. The van der Waals surface area contributed by atoms with Crippen LogP contribution in [0.3, 0.4) is 0 Å². The molecule has 1 N–H and O–H groups in total. The Labute approximate surface area is 96.6 Å². The van der Waals surface area contributed by atoms with Crippen molar-refractivity contribution in [1.29, 1.82) is 0 Å². The molecule has 0 bridgehead atoms. The predicted octanol–water partition coefficient (Wildman–Crippen LogP) is 1.33. The molecule has 0 unspecified atom stereocenters. The van der Waals surface area contributed by atoms with Crippen molar-refractivity contribution in [2.24, 2.45) is 0 Å². The maximum atomic E-state index is 5.33. The van der Waals surface area contributed by atoms with Crippen LogP contribution in [0.2, 0.25) is 0 Å². The van der Waals surface area contributed by atoms with Gasteiger partial charge in [-0.3, -0.25) is 0 Å². The number of nitrogens with one attached hydrogen (secondary N) is 1. The summed E-state index contributed by atoms with van der Waals surface area (Å²) in [5.74, 6) is 1.38. The van der Waals surface area contributed by atoms with E-state index in [-0.39, 0.29) is 5.60 Å². The van der Waals surface area contributed by atoms with Crippen molar-refractivity contribution in [3.63, 3.8) is 0 Å². The van der Waals surface area contributed by atoms with Crippen LogP contribution in [0.25, 0.3) is 0 Å². The zero-order valence-electron chi connectivity index (χ0n) is 10.5. The lowest BCUT2D eigenvalue weighted by Crippen LogP contribution is -2.29. The van der Waals surface area contributed by atoms with Crippen LogP contribution >= 0.6 is 0 Å². The SMILES string of the molecule is COC(C)(C)CCNCCc1noc(C)n1.